The van der Waals surface area contributed by atoms with Gasteiger partial charge in [-0.15, -0.1) is 0 Å². The molecule has 2 aromatic carbocycles. The van der Waals surface area contributed by atoms with Gasteiger partial charge in [-0.3, -0.25) is 9.89 Å². The molecule has 6 nitrogen and oxygen atoms in total. The summed E-state index contributed by atoms with van der Waals surface area (Å²) in [7, 11) is 3.23. The number of H-pyrrole nitrogens is 1. The third-order valence-corrected chi connectivity index (χ3v) is 5.96. The number of methoxy groups -OCH3 is 2. The van der Waals surface area contributed by atoms with E-state index >= 15 is 0 Å². The maximum absolute atomic E-state index is 13.3. The monoisotopic (exact) mass is 439 g/mol. The van der Waals surface area contributed by atoms with Gasteiger partial charge in [-0.2, -0.15) is 5.10 Å². The van der Waals surface area contributed by atoms with E-state index in [2.05, 4.69) is 17.1 Å². The number of ether oxygens (including phenoxy) is 2. The molecule has 0 saturated heterocycles. The SMILES string of the molecule is CCCCCN1C(=O)c2[nH]nc(-c3ccc(Cl)cc3)c2C1c1ccc(OC)c(OC)c1. The average molecular weight is 440 g/mol. The number of halogens is 1. The predicted molar refractivity (Wildman–Crippen MR) is 121 cm³/mol. The summed E-state index contributed by atoms with van der Waals surface area (Å²) in [5.74, 6) is 1.25. The summed E-state index contributed by atoms with van der Waals surface area (Å²) in [4.78, 5) is 15.3. The van der Waals surface area contributed by atoms with E-state index in [1.54, 1.807) is 14.2 Å². The predicted octanol–water partition coefficient (Wildman–Crippen LogP) is 5.48. The molecule has 7 heteroatoms. The molecule has 1 aliphatic heterocycles. The molecule has 1 aliphatic rings. The summed E-state index contributed by atoms with van der Waals surface area (Å²) in [5.41, 5.74) is 4.06. The van der Waals surface area contributed by atoms with Gasteiger partial charge in [0.25, 0.3) is 5.91 Å². The molecule has 1 amide bonds. The number of benzene rings is 2. The fourth-order valence-corrected chi connectivity index (χ4v) is 4.28. The molecule has 0 spiro atoms. The number of hydrogen-bond acceptors (Lipinski definition) is 4. The minimum atomic E-state index is -0.261. The topological polar surface area (TPSA) is 67.5 Å². The van der Waals surface area contributed by atoms with Gasteiger partial charge in [0, 0.05) is 22.7 Å². The maximum atomic E-state index is 13.3. The number of nitrogens with one attached hydrogen (secondary N) is 1. The van der Waals surface area contributed by atoms with Crippen molar-refractivity contribution in [1.29, 1.82) is 0 Å². The van der Waals surface area contributed by atoms with Crippen molar-refractivity contribution in [2.75, 3.05) is 20.8 Å². The number of carbonyl (C=O) groups is 1. The molecule has 1 unspecified atom stereocenters. The Morgan fingerprint density at radius 1 is 1.06 bits per heavy atom. The summed E-state index contributed by atoms with van der Waals surface area (Å²) >= 11 is 6.08. The number of fused-ring (bicyclic) bond motifs is 1. The van der Waals surface area contributed by atoms with Crippen LogP contribution >= 0.6 is 11.6 Å². The minimum Gasteiger partial charge on any atom is -0.493 e. The zero-order valence-corrected chi connectivity index (χ0v) is 18.7. The smallest absolute Gasteiger partial charge is 0.273 e. The number of hydrogen-bond donors (Lipinski definition) is 1. The first-order valence-electron chi connectivity index (χ1n) is 10.5. The summed E-state index contributed by atoms with van der Waals surface area (Å²) in [6.45, 7) is 2.83. The van der Waals surface area contributed by atoms with E-state index in [0.717, 1.165) is 41.6 Å². The number of unbranched alkanes of at least 4 members (excludes halogenated alkanes) is 2. The number of aromatic nitrogens is 2. The molecule has 1 atom stereocenters. The molecular formula is C24H26ClN3O3. The molecule has 3 aromatic rings. The van der Waals surface area contributed by atoms with Gasteiger partial charge >= 0.3 is 0 Å². The Hall–Kier alpha value is -2.99. The van der Waals surface area contributed by atoms with Gasteiger partial charge in [-0.25, -0.2) is 0 Å². The van der Waals surface area contributed by atoms with Gasteiger partial charge in [0.05, 0.1) is 26.0 Å². The zero-order chi connectivity index (χ0) is 22.0. The molecule has 0 radical (unpaired) electrons. The Kier molecular flexibility index (Phi) is 6.18. The quantitative estimate of drug-likeness (QED) is 0.472. The van der Waals surface area contributed by atoms with Gasteiger partial charge < -0.3 is 14.4 Å². The second kappa shape index (κ2) is 9.02. The highest BCUT2D eigenvalue weighted by Gasteiger charge is 2.42. The average Bonchev–Trinajstić information content (AvgIpc) is 3.33. The van der Waals surface area contributed by atoms with E-state index < -0.39 is 0 Å². The van der Waals surface area contributed by atoms with Gasteiger partial charge in [0.15, 0.2) is 11.5 Å². The van der Waals surface area contributed by atoms with Crippen molar-refractivity contribution < 1.29 is 14.3 Å². The van der Waals surface area contributed by atoms with Crippen LogP contribution in [0.1, 0.15) is 53.8 Å². The number of carbonyl (C=O) groups excluding carboxylic acids is 1. The van der Waals surface area contributed by atoms with Crippen LogP contribution in [0.4, 0.5) is 0 Å². The Morgan fingerprint density at radius 2 is 1.81 bits per heavy atom. The number of rotatable bonds is 8. The Balaban J connectivity index is 1.83. The molecule has 1 aromatic heterocycles. The number of amides is 1. The van der Waals surface area contributed by atoms with Crippen molar-refractivity contribution in [1.82, 2.24) is 15.1 Å². The van der Waals surface area contributed by atoms with Crippen LogP contribution in [0.3, 0.4) is 0 Å². The van der Waals surface area contributed by atoms with Crippen molar-refractivity contribution in [3.63, 3.8) is 0 Å². The summed E-state index contributed by atoms with van der Waals surface area (Å²) in [5, 5.41) is 8.15. The highest BCUT2D eigenvalue weighted by molar-refractivity contribution is 6.30. The number of aromatic amines is 1. The van der Waals surface area contributed by atoms with Gasteiger partial charge in [-0.1, -0.05) is 49.6 Å². The van der Waals surface area contributed by atoms with Crippen molar-refractivity contribution in [3.8, 4) is 22.8 Å². The lowest BCUT2D eigenvalue weighted by Crippen LogP contribution is -2.30. The van der Waals surface area contributed by atoms with E-state index in [4.69, 9.17) is 21.1 Å². The van der Waals surface area contributed by atoms with Crippen LogP contribution in [-0.4, -0.2) is 41.8 Å². The Bertz CT molecular complexity index is 1080. The van der Waals surface area contributed by atoms with Crippen LogP contribution in [-0.2, 0) is 0 Å². The molecule has 1 N–H and O–H groups in total. The largest absolute Gasteiger partial charge is 0.493 e. The van der Waals surface area contributed by atoms with E-state index in [9.17, 15) is 4.79 Å². The molecule has 0 bridgehead atoms. The molecule has 0 aliphatic carbocycles. The lowest BCUT2D eigenvalue weighted by Gasteiger charge is -2.27. The van der Waals surface area contributed by atoms with Crippen LogP contribution in [0.2, 0.25) is 5.02 Å². The van der Waals surface area contributed by atoms with Crippen molar-refractivity contribution >= 4 is 17.5 Å². The standard InChI is InChI=1S/C24H26ClN3O3/c1-4-5-6-13-28-23(16-9-12-18(30-2)19(14-16)31-3)20-21(26-27-22(20)24(28)29)15-7-10-17(25)11-8-15/h7-12,14,23H,4-6,13H2,1-3H3,(H,26,27). The molecule has 162 valence electrons. The second-order valence-electron chi connectivity index (χ2n) is 7.59. The third kappa shape index (κ3) is 3.88. The fraction of sp³-hybridized carbons (Fsp3) is 0.333. The second-order valence-corrected chi connectivity index (χ2v) is 8.03. The van der Waals surface area contributed by atoms with E-state index in [1.165, 1.54) is 0 Å². The third-order valence-electron chi connectivity index (χ3n) is 5.71. The van der Waals surface area contributed by atoms with Gasteiger partial charge in [0.1, 0.15) is 5.69 Å². The van der Waals surface area contributed by atoms with E-state index in [1.807, 2.05) is 47.4 Å². The maximum Gasteiger partial charge on any atom is 0.273 e. The molecule has 2 heterocycles. The normalized spacial score (nSPS) is 15.3. The molecule has 0 saturated carbocycles. The zero-order valence-electron chi connectivity index (χ0n) is 17.9. The van der Waals surface area contributed by atoms with Crippen LogP contribution in [0.25, 0.3) is 11.3 Å². The summed E-state index contributed by atoms with van der Waals surface area (Å²) in [6.07, 6.45) is 3.10. The summed E-state index contributed by atoms with van der Waals surface area (Å²) in [6, 6.07) is 13.1. The lowest BCUT2D eigenvalue weighted by atomic mass is 9.95. The Labute approximate surface area is 187 Å². The highest BCUT2D eigenvalue weighted by Crippen LogP contribution is 2.44. The van der Waals surface area contributed by atoms with Crippen molar-refractivity contribution in [3.05, 3.63) is 64.3 Å². The van der Waals surface area contributed by atoms with Crippen LogP contribution in [0, 0.1) is 0 Å². The van der Waals surface area contributed by atoms with E-state index in [-0.39, 0.29) is 11.9 Å². The van der Waals surface area contributed by atoms with Crippen molar-refractivity contribution in [2.45, 2.75) is 32.2 Å². The molecule has 31 heavy (non-hydrogen) atoms. The fourth-order valence-electron chi connectivity index (χ4n) is 4.16. The first-order chi connectivity index (χ1) is 15.1. The molecule has 4 rings (SSSR count). The van der Waals surface area contributed by atoms with Gasteiger partial charge in [0.2, 0.25) is 0 Å². The first kappa shape index (κ1) is 21.2. The van der Waals surface area contributed by atoms with Crippen LogP contribution < -0.4 is 9.47 Å². The molecular weight excluding hydrogens is 414 g/mol. The van der Waals surface area contributed by atoms with E-state index in [0.29, 0.717) is 28.8 Å². The Morgan fingerprint density at radius 3 is 2.48 bits per heavy atom. The lowest BCUT2D eigenvalue weighted by molar-refractivity contribution is 0.0740. The first-order valence-corrected chi connectivity index (χ1v) is 10.8. The van der Waals surface area contributed by atoms with Crippen LogP contribution in [0.15, 0.2) is 42.5 Å². The van der Waals surface area contributed by atoms with Gasteiger partial charge in [-0.05, 0) is 36.2 Å². The minimum absolute atomic E-state index is 0.0291. The van der Waals surface area contributed by atoms with Crippen LogP contribution in [0.5, 0.6) is 11.5 Å². The summed E-state index contributed by atoms with van der Waals surface area (Å²) < 4.78 is 10.9. The highest BCUT2D eigenvalue weighted by atomic mass is 35.5. The van der Waals surface area contributed by atoms with Crippen molar-refractivity contribution in [2.24, 2.45) is 0 Å². The number of nitrogens with zero attached hydrogens (tertiary/aromatic N) is 2. The molecule has 0 fully saturated rings.